The van der Waals surface area contributed by atoms with Gasteiger partial charge in [-0.3, -0.25) is 25.2 Å². The van der Waals surface area contributed by atoms with E-state index in [9.17, 15) is 24.6 Å². The number of nitrogens with one attached hydrogen (secondary N) is 2. The number of carbonyl (C=O) groups is 3. The predicted octanol–water partition coefficient (Wildman–Crippen LogP) is 1.97. The van der Waals surface area contributed by atoms with Gasteiger partial charge in [0.05, 0.1) is 5.56 Å². The Bertz CT molecular complexity index is 846. The Morgan fingerprint density at radius 3 is 2.24 bits per heavy atom. The van der Waals surface area contributed by atoms with Crippen LogP contribution in [0.3, 0.4) is 0 Å². The monoisotopic (exact) mass is 360 g/mol. The normalized spacial score (nSPS) is 10.8. The molecule has 128 valence electrons. The SMILES string of the molecule is O=C(/C=C(\O)c1ccc(Cl)cc1)C(=O)NNC(=O)c1ccccc1O. The first-order chi connectivity index (χ1) is 11.9. The first-order valence-electron chi connectivity index (χ1n) is 6.97. The second-order valence-corrected chi connectivity index (χ2v) is 5.26. The van der Waals surface area contributed by atoms with Crippen molar-refractivity contribution in [3.05, 3.63) is 70.8 Å². The van der Waals surface area contributed by atoms with E-state index in [-0.39, 0.29) is 11.3 Å². The first-order valence-corrected chi connectivity index (χ1v) is 7.35. The van der Waals surface area contributed by atoms with Crippen molar-refractivity contribution < 1.29 is 24.6 Å². The molecule has 2 amide bonds. The van der Waals surface area contributed by atoms with Crippen molar-refractivity contribution in [1.29, 1.82) is 0 Å². The van der Waals surface area contributed by atoms with Crippen LogP contribution in [0.2, 0.25) is 5.02 Å². The summed E-state index contributed by atoms with van der Waals surface area (Å²) in [5.41, 5.74) is 4.11. The molecule has 2 aromatic carbocycles. The molecule has 0 aromatic heterocycles. The lowest BCUT2D eigenvalue weighted by Crippen LogP contribution is -2.44. The van der Waals surface area contributed by atoms with E-state index >= 15 is 0 Å². The number of aliphatic hydroxyl groups is 1. The summed E-state index contributed by atoms with van der Waals surface area (Å²) in [6, 6.07) is 11.7. The van der Waals surface area contributed by atoms with Crippen molar-refractivity contribution in [3.63, 3.8) is 0 Å². The Morgan fingerprint density at radius 1 is 0.960 bits per heavy atom. The number of para-hydroxylation sites is 1. The summed E-state index contributed by atoms with van der Waals surface area (Å²) in [5.74, 6) is -3.75. The Labute approximate surface area is 147 Å². The maximum absolute atomic E-state index is 11.8. The number of halogens is 1. The van der Waals surface area contributed by atoms with Gasteiger partial charge < -0.3 is 10.2 Å². The van der Waals surface area contributed by atoms with Gasteiger partial charge in [0.25, 0.3) is 5.91 Å². The maximum atomic E-state index is 11.8. The van der Waals surface area contributed by atoms with E-state index in [1.54, 1.807) is 0 Å². The molecule has 2 rings (SSSR count). The van der Waals surface area contributed by atoms with E-state index in [2.05, 4.69) is 0 Å². The number of hydrazine groups is 1. The van der Waals surface area contributed by atoms with Gasteiger partial charge >= 0.3 is 5.91 Å². The number of benzene rings is 2. The molecular weight excluding hydrogens is 348 g/mol. The highest BCUT2D eigenvalue weighted by Crippen LogP contribution is 2.16. The molecule has 0 aliphatic rings. The van der Waals surface area contributed by atoms with Gasteiger partial charge in [-0.15, -0.1) is 0 Å². The molecule has 0 saturated carbocycles. The molecule has 0 aliphatic carbocycles. The summed E-state index contributed by atoms with van der Waals surface area (Å²) >= 11 is 5.71. The molecule has 0 fully saturated rings. The molecule has 4 N–H and O–H groups in total. The first kappa shape index (κ1) is 18.0. The molecule has 0 bridgehead atoms. The van der Waals surface area contributed by atoms with Gasteiger partial charge in [-0.1, -0.05) is 23.7 Å². The Kier molecular flexibility index (Phi) is 5.75. The van der Waals surface area contributed by atoms with E-state index in [0.29, 0.717) is 16.7 Å². The van der Waals surface area contributed by atoms with Crippen LogP contribution in [0, 0.1) is 0 Å². The van der Waals surface area contributed by atoms with Crippen molar-refractivity contribution in [3.8, 4) is 5.75 Å². The molecule has 0 radical (unpaired) electrons. The summed E-state index contributed by atoms with van der Waals surface area (Å²) in [4.78, 5) is 35.2. The van der Waals surface area contributed by atoms with Crippen LogP contribution in [0.1, 0.15) is 15.9 Å². The molecule has 0 heterocycles. The molecule has 25 heavy (non-hydrogen) atoms. The average Bonchev–Trinajstić information content (AvgIpc) is 2.60. The minimum absolute atomic E-state index is 0.0743. The van der Waals surface area contributed by atoms with Crippen LogP contribution in [0.15, 0.2) is 54.6 Å². The molecule has 0 atom stereocenters. The highest BCUT2D eigenvalue weighted by molar-refractivity contribution is 6.41. The molecule has 0 unspecified atom stereocenters. The molecule has 7 nitrogen and oxygen atoms in total. The lowest BCUT2D eigenvalue weighted by molar-refractivity contribution is -0.135. The lowest BCUT2D eigenvalue weighted by atomic mass is 10.1. The van der Waals surface area contributed by atoms with Crippen molar-refractivity contribution in [2.75, 3.05) is 0 Å². The zero-order valence-corrected chi connectivity index (χ0v) is 13.4. The Hall–Kier alpha value is -3.32. The second kappa shape index (κ2) is 7.98. The van der Waals surface area contributed by atoms with E-state index in [1.807, 2.05) is 10.9 Å². The number of aromatic hydroxyl groups is 1. The number of phenolic OH excluding ortho intramolecular Hbond substituents is 1. The fraction of sp³-hybridized carbons (Fsp3) is 0. The summed E-state index contributed by atoms with van der Waals surface area (Å²) in [5, 5.41) is 19.8. The van der Waals surface area contributed by atoms with Gasteiger partial charge in [-0.05, 0) is 36.4 Å². The van der Waals surface area contributed by atoms with Crippen molar-refractivity contribution in [1.82, 2.24) is 10.9 Å². The number of aliphatic hydroxyl groups excluding tert-OH is 1. The van der Waals surface area contributed by atoms with Crippen LogP contribution in [0.4, 0.5) is 0 Å². The van der Waals surface area contributed by atoms with Gasteiger partial charge in [0.1, 0.15) is 11.5 Å². The van der Waals surface area contributed by atoms with Crippen molar-refractivity contribution >= 4 is 35.0 Å². The minimum Gasteiger partial charge on any atom is -0.507 e. The van der Waals surface area contributed by atoms with E-state index in [1.165, 1.54) is 48.5 Å². The highest BCUT2D eigenvalue weighted by Gasteiger charge is 2.15. The van der Waals surface area contributed by atoms with Gasteiger partial charge in [0, 0.05) is 16.7 Å². The number of hydrogen-bond acceptors (Lipinski definition) is 5. The largest absolute Gasteiger partial charge is 0.507 e. The Balaban J connectivity index is 1.97. The number of hydrogen-bond donors (Lipinski definition) is 4. The number of carbonyl (C=O) groups excluding carboxylic acids is 3. The topological polar surface area (TPSA) is 116 Å². The van der Waals surface area contributed by atoms with E-state index in [4.69, 9.17) is 11.6 Å². The predicted molar refractivity (Wildman–Crippen MR) is 90.8 cm³/mol. The quantitative estimate of drug-likeness (QED) is 0.288. The standard InChI is InChI=1S/C17H13ClN2O5/c18-11-7-5-10(6-8-11)14(22)9-15(23)17(25)20-19-16(24)12-3-1-2-4-13(12)21/h1-9,21-22H,(H,19,24)(H,20,25)/b14-9-. The molecule has 0 saturated heterocycles. The van der Waals surface area contributed by atoms with Gasteiger partial charge in [-0.2, -0.15) is 0 Å². The van der Waals surface area contributed by atoms with Crippen molar-refractivity contribution in [2.45, 2.75) is 0 Å². The van der Waals surface area contributed by atoms with Crippen LogP contribution in [0.25, 0.3) is 5.76 Å². The minimum atomic E-state index is -1.16. The molecule has 8 heteroatoms. The highest BCUT2D eigenvalue weighted by atomic mass is 35.5. The average molecular weight is 361 g/mol. The third kappa shape index (κ3) is 4.82. The number of phenols is 1. The van der Waals surface area contributed by atoms with Gasteiger partial charge in [-0.25, -0.2) is 0 Å². The fourth-order valence-electron chi connectivity index (χ4n) is 1.80. The van der Waals surface area contributed by atoms with Crippen LogP contribution in [-0.4, -0.2) is 27.8 Å². The number of rotatable bonds is 4. The summed E-state index contributed by atoms with van der Waals surface area (Å²) in [7, 11) is 0. The third-order valence-electron chi connectivity index (χ3n) is 3.07. The van der Waals surface area contributed by atoms with Crippen LogP contribution in [0.5, 0.6) is 5.75 Å². The number of ketones is 1. The third-order valence-corrected chi connectivity index (χ3v) is 3.32. The fourth-order valence-corrected chi connectivity index (χ4v) is 1.93. The molecule has 0 spiro atoms. The van der Waals surface area contributed by atoms with E-state index < -0.39 is 23.4 Å². The van der Waals surface area contributed by atoms with Gasteiger partial charge in [0.2, 0.25) is 5.78 Å². The lowest BCUT2D eigenvalue weighted by Gasteiger charge is -2.07. The van der Waals surface area contributed by atoms with Crippen LogP contribution in [-0.2, 0) is 9.59 Å². The second-order valence-electron chi connectivity index (χ2n) is 4.83. The van der Waals surface area contributed by atoms with Crippen LogP contribution >= 0.6 is 11.6 Å². The van der Waals surface area contributed by atoms with Crippen LogP contribution < -0.4 is 10.9 Å². The van der Waals surface area contributed by atoms with Gasteiger partial charge in [0.15, 0.2) is 0 Å². The zero-order chi connectivity index (χ0) is 18.4. The summed E-state index contributed by atoms with van der Waals surface area (Å²) < 4.78 is 0. The number of amides is 2. The molecule has 2 aromatic rings. The van der Waals surface area contributed by atoms with Crippen molar-refractivity contribution in [2.24, 2.45) is 0 Å². The summed E-state index contributed by atoms with van der Waals surface area (Å²) in [6.45, 7) is 0. The summed E-state index contributed by atoms with van der Waals surface area (Å²) in [6.07, 6.45) is 0.713. The Morgan fingerprint density at radius 2 is 1.60 bits per heavy atom. The molecule has 0 aliphatic heterocycles. The smallest absolute Gasteiger partial charge is 0.310 e. The van der Waals surface area contributed by atoms with E-state index in [0.717, 1.165) is 0 Å². The maximum Gasteiger partial charge on any atom is 0.310 e. The zero-order valence-electron chi connectivity index (χ0n) is 12.7. The molecular formula is C17H13ClN2O5.